The summed E-state index contributed by atoms with van der Waals surface area (Å²) in [4.78, 5) is 31.8. The maximum atomic E-state index is 13.3. The zero-order valence-electron chi connectivity index (χ0n) is 18.0. The van der Waals surface area contributed by atoms with Gasteiger partial charge in [-0.3, -0.25) is 9.59 Å². The third-order valence-electron chi connectivity index (χ3n) is 6.18. The maximum absolute atomic E-state index is 13.3. The molecule has 32 heavy (non-hydrogen) atoms. The van der Waals surface area contributed by atoms with Gasteiger partial charge in [-0.25, -0.2) is 9.66 Å². The Bertz CT molecular complexity index is 1420. The molecule has 1 aliphatic heterocycles. The van der Waals surface area contributed by atoms with E-state index in [0.29, 0.717) is 36.2 Å². The first kappa shape index (κ1) is 20.1. The van der Waals surface area contributed by atoms with E-state index < -0.39 is 0 Å². The molecule has 0 saturated carbocycles. The molecule has 7 heteroatoms. The quantitative estimate of drug-likeness (QED) is 0.520. The highest BCUT2D eigenvalue weighted by molar-refractivity contribution is 5.99. The van der Waals surface area contributed by atoms with Gasteiger partial charge in [0.05, 0.1) is 16.8 Å². The van der Waals surface area contributed by atoms with Crippen molar-refractivity contribution < 1.29 is 9.90 Å². The van der Waals surface area contributed by atoms with Gasteiger partial charge < -0.3 is 15.4 Å². The molecule has 1 aromatic heterocycles. The van der Waals surface area contributed by atoms with Crippen LogP contribution in [0.1, 0.15) is 25.1 Å². The van der Waals surface area contributed by atoms with Gasteiger partial charge in [0.25, 0.3) is 5.56 Å². The number of rotatable bonds is 4. The number of hydrogen-bond acceptors (Lipinski definition) is 5. The molecule has 162 valence electrons. The van der Waals surface area contributed by atoms with Gasteiger partial charge in [0, 0.05) is 26.6 Å². The fourth-order valence-electron chi connectivity index (χ4n) is 4.46. The molecule has 1 saturated heterocycles. The van der Waals surface area contributed by atoms with Crippen LogP contribution >= 0.6 is 0 Å². The van der Waals surface area contributed by atoms with E-state index in [9.17, 15) is 14.7 Å². The molecule has 1 aliphatic rings. The lowest BCUT2D eigenvalue weighted by molar-refractivity contribution is -0.135. The topological polar surface area (TPSA) is 87.5 Å². The molecule has 0 bridgehead atoms. The predicted octanol–water partition coefficient (Wildman–Crippen LogP) is 3.43. The number of hydrogen-bond donors (Lipinski definition) is 2. The minimum atomic E-state index is -0.181. The molecule has 5 rings (SSSR count). The third kappa shape index (κ3) is 3.17. The van der Waals surface area contributed by atoms with Crippen molar-refractivity contribution in [2.75, 3.05) is 25.6 Å². The van der Waals surface area contributed by atoms with Crippen LogP contribution in [0.4, 0.5) is 0 Å². The summed E-state index contributed by atoms with van der Waals surface area (Å²) in [5, 5.41) is 12.6. The van der Waals surface area contributed by atoms with Gasteiger partial charge >= 0.3 is 0 Å². The monoisotopic (exact) mass is 428 g/mol. The summed E-state index contributed by atoms with van der Waals surface area (Å²) < 4.78 is 1.48. The molecule has 4 aromatic rings. The van der Waals surface area contributed by atoms with Crippen LogP contribution in [-0.4, -0.2) is 45.7 Å². The van der Waals surface area contributed by atoms with Gasteiger partial charge in [-0.2, -0.15) is 0 Å². The second-order valence-electron chi connectivity index (χ2n) is 8.13. The molecule has 7 nitrogen and oxygen atoms in total. The highest BCUT2D eigenvalue weighted by atomic mass is 16.3. The molecular weight excluding hydrogens is 404 g/mol. The molecule has 0 unspecified atom stereocenters. The number of aromatic nitrogens is 2. The van der Waals surface area contributed by atoms with E-state index in [4.69, 9.17) is 4.98 Å². The molecule has 0 aliphatic carbocycles. The molecule has 1 fully saturated rings. The van der Waals surface area contributed by atoms with Crippen LogP contribution in [0.3, 0.4) is 0 Å². The zero-order valence-corrected chi connectivity index (χ0v) is 18.0. The molecule has 2 N–H and O–H groups in total. The summed E-state index contributed by atoms with van der Waals surface area (Å²) in [6.07, 6.45) is 0.475. The SMILES string of the molecule is CCC(=O)N1CC(c2nc3ccc(-c4cc(O)cc5ccccc45)cc3c(=O)n2NC)C1. The van der Waals surface area contributed by atoms with Gasteiger partial charge in [0.1, 0.15) is 11.6 Å². The van der Waals surface area contributed by atoms with E-state index in [2.05, 4.69) is 5.43 Å². The molecular formula is C25H24N4O3. The minimum Gasteiger partial charge on any atom is -0.508 e. The number of carbonyl (C=O) groups is 1. The van der Waals surface area contributed by atoms with E-state index in [1.165, 1.54) is 4.68 Å². The average molecular weight is 428 g/mol. The lowest BCUT2D eigenvalue weighted by Crippen LogP contribution is -2.50. The van der Waals surface area contributed by atoms with Crippen molar-refractivity contribution in [3.63, 3.8) is 0 Å². The normalized spacial score (nSPS) is 14.0. The number of carbonyl (C=O) groups excluding carboxylic acids is 1. The molecule has 2 heterocycles. The lowest BCUT2D eigenvalue weighted by atomic mass is 9.96. The number of aromatic hydroxyl groups is 1. The van der Waals surface area contributed by atoms with Crippen LogP contribution in [0, 0.1) is 0 Å². The molecule has 1 amide bonds. The van der Waals surface area contributed by atoms with Crippen LogP contribution in [0.15, 0.2) is 59.4 Å². The summed E-state index contributed by atoms with van der Waals surface area (Å²) in [6.45, 7) is 2.99. The highest BCUT2D eigenvalue weighted by Crippen LogP contribution is 2.34. The second kappa shape index (κ2) is 7.67. The van der Waals surface area contributed by atoms with E-state index in [1.807, 2.05) is 49.4 Å². The first-order valence-corrected chi connectivity index (χ1v) is 10.7. The fourth-order valence-corrected chi connectivity index (χ4v) is 4.46. The smallest absolute Gasteiger partial charge is 0.279 e. The molecule has 3 aromatic carbocycles. The number of phenolic OH excluding ortho intramolecular Hbond substituents is 1. The molecule has 0 spiro atoms. The first-order chi connectivity index (χ1) is 15.5. The van der Waals surface area contributed by atoms with Crippen LogP contribution in [0.5, 0.6) is 5.75 Å². The van der Waals surface area contributed by atoms with Gasteiger partial charge in [-0.1, -0.05) is 37.3 Å². The van der Waals surface area contributed by atoms with Gasteiger partial charge in [-0.05, 0) is 46.2 Å². The largest absolute Gasteiger partial charge is 0.508 e. The number of amides is 1. The Morgan fingerprint density at radius 3 is 2.66 bits per heavy atom. The number of nitrogens with zero attached hydrogens (tertiary/aromatic N) is 3. The number of likely N-dealkylation sites (tertiary alicyclic amines) is 1. The number of benzene rings is 3. The van der Waals surface area contributed by atoms with Crippen molar-refractivity contribution in [2.45, 2.75) is 19.3 Å². The summed E-state index contributed by atoms with van der Waals surface area (Å²) in [7, 11) is 1.69. The fraction of sp³-hybridized carbons (Fsp3) is 0.240. The summed E-state index contributed by atoms with van der Waals surface area (Å²) >= 11 is 0. The number of phenols is 1. The molecule has 0 radical (unpaired) electrons. The second-order valence-corrected chi connectivity index (χ2v) is 8.13. The van der Waals surface area contributed by atoms with Crippen LogP contribution in [-0.2, 0) is 4.79 Å². The van der Waals surface area contributed by atoms with Gasteiger partial charge in [-0.15, -0.1) is 0 Å². The van der Waals surface area contributed by atoms with Gasteiger partial charge in [0.2, 0.25) is 5.91 Å². The summed E-state index contributed by atoms with van der Waals surface area (Å²) in [5.74, 6) is 0.949. The van der Waals surface area contributed by atoms with Crippen molar-refractivity contribution in [3.05, 3.63) is 70.8 Å². The van der Waals surface area contributed by atoms with Crippen LogP contribution < -0.4 is 11.0 Å². The average Bonchev–Trinajstić information content (AvgIpc) is 2.77. The van der Waals surface area contributed by atoms with Crippen molar-refractivity contribution >= 4 is 27.6 Å². The van der Waals surface area contributed by atoms with Crippen molar-refractivity contribution in [2.24, 2.45) is 0 Å². The van der Waals surface area contributed by atoms with Crippen molar-refractivity contribution in [1.82, 2.24) is 14.6 Å². The maximum Gasteiger partial charge on any atom is 0.279 e. The van der Waals surface area contributed by atoms with E-state index in [1.54, 1.807) is 24.1 Å². The number of fused-ring (bicyclic) bond motifs is 2. The minimum absolute atomic E-state index is 0.0183. The van der Waals surface area contributed by atoms with E-state index in [0.717, 1.165) is 21.9 Å². The zero-order chi connectivity index (χ0) is 22.4. The van der Waals surface area contributed by atoms with E-state index >= 15 is 0 Å². The Morgan fingerprint density at radius 2 is 1.91 bits per heavy atom. The Labute approximate surface area is 184 Å². The van der Waals surface area contributed by atoms with E-state index in [-0.39, 0.29) is 23.1 Å². The highest BCUT2D eigenvalue weighted by Gasteiger charge is 2.34. The Kier molecular flexibility index (Phi) is 4.81. The molecule has 0 atom stereocenters. The van der Waals surface area contributed by atoms with Gasteiger partial charge in [0.15, 0.2) is 0 Å². The Morgan fingerprint density at radius 1 is 1.12 bits per heavy atom. The van der Waals surface area contributed by atoms with Crippen LogP contribution in [0.2, 0.25) is 0 Å². The third-order valence-corrected chi connectivity index (χ3v) is 6.18. The van der Waals surface area contributed by atoms with Crippen molar-refractivity contribution in [3.8, 4) is 16.9 Å². The first-order valence-electron chi connectivity index (χ1n) is 10.7. The number of nitrogens with one attached hydrogen (secondary N) is 1. The summed E-state index contributed by atoms with van der Waals surface area (Å²) in [5.41, 5.74) is 5.09. The summed E-state index contributed by atoms with van der Waals surface area (Å²) in [6, 6.07) is 16.9. The standard InChI is InChI=1S/C25H24N4O3/c1-3-23(31)28-13-17(14-28)24-27-22-9-8-16(11-21(22)25(32)29(24)26-2)20-12-18(30)10-15-6-4-5-7-19(15)20/h4-12,17,26,30H,3,13-14H2,1-2H3. The lowest BCUT2D eigenvalue weighted by Gasteiger charge is -2.39. The Hall–Kier alpha value is -3.87. The van der Waals surface area contributed by atoms with Crippen molar-refractivity contribution in [1.29, 1.82) is 0 Å². The predicted molar refractivity (Wildman–Crippen MR) is 126 cm³/mol. The Balaban J connectivity index is 1.61. The van der Waals surface area contributed by atoms with Crippen LogP contribution in [0.25, 0.3) is 32.8 Å².